The average molecular weight is 170 g/mol. The van der Waals surface area contributed by atoms with Crippen molar-refractivity contribution in [1.29, 1.82) is 0 Å². The minimum absolute atomic E-state index is 0.195. The third kappa shape index (κ3) is 3.02. The Hall–Kier alpha value is -0.870. The van der Waals surface area contributed by atoms with Crippen LogP contribution >= 0.6 is 0 Å². The van der Waals surface area contributed by atoms with Crippen LogP contribution in [0.1, 0.15) is 12.7 Å². The number of aromatic nitrogens is 1. The molecule has 0 aromatic carbocycles. The van der Waals surface area contributed by atoms with Crippen LogP contribution in [0.5, 0.6) is 0 Å². The highest BCUT2D eigenvalue weighted by atomic mass is 16.5. The minimum atomic E-state index is 0.195. The average Bonchev–Trinajstić information content (AvgIpc) is 2.53. The summed E-state index contributed by atoms with van der Waals surface area (Å²) in [6, 6.07) is 1.80. The number of likely N-dealkylation sites (N-methyl/N-ethyl adjacent to an activating group) is 1. The highest BCUT2D eigenvalue weighted by Crippen LogP contribution is 2.01. The number of rotatable bonds is 5. The fourth-order valence-corrected chi connectivity index (χ4v) is 0.887. The van der Waals surface area contributed by atoms with E-state index in [1.807, 2.05) is 14.0 Å². The molecule has 1 atom stereocenters. The number of ether oxygens (including phenoxy) is 1. The number of hydrogen-bond donors (Lipinski definition) is 1. The van der Waals surface area contributed by atoms with Crippen LogP contribution in [0, 0.1) is 0 Å². The van der Waals surface area contributed by atoms with Crippen LogP contribution in [0.4, 0.5) is 0 Å². The number of nitrogens with zero attached hydrogens (tertiary/aromatic N) is 1. The van der Waals surface area contributed by atoms with Crippen molar-refractivity contribution in [2.75, 3.05) is 13.6 Å². The molecule has 0 aliphatic carbocycles. The van der Waals surface area contributed by atoms with E-state index in [0.717, 1.165) is 12.3 Å². The first-order valence-electron chi connectivity index (χ1n) is 3.98. The molecule has 0 amide bonds. The predicted molar refractivity (Wildman–Crippen MR) is 44.7 cm³/mol. The summed E-state index contributed by atoms with van der Waals surface area (Å²) in [5, 5.41) is 6.60. The van der Waals surface area contributed by atoms with E-state index in [1.165, 1.54) is 0 Å². The molecule has 68 valence electrons. The Labute approximate surface area is 71.9 Å². The van der Waals surface area contributed by atoms with Gasteiger partial charge in [-0.1, -0.05) is 5.16 Å². The SMILES string of the molecule is CNCC(C)OCc1ccno1. The van der Waals surface area contributed by atoms with E-state index in [0.29, 0.717) is 6.61 Å². The lowest BCUT2D eigenvalue weighted by Gasteiger charge is -2.10. The molecule has 0 aliphatic rings. The lowest BCUT2D eigenvalue weighted by molar-refractivity contribution is 0.0412. The monoisotopic (exact) mass is 170 g/mol. The third-order valence-corrected chi connectivity index (χ3v) is 1.49. The van der Waals surface area contributed by atoms with Crippen molar-refractivity contribution in [1.82, 2.24) is 10.5 Å². The van der Waals surface area contributed by atoms with Crippen LogP contribution in [0.3, 0.4) is 0 Å². The summed E-state index contributed by atoms with van der Waals surface area (Å²) in [4.78, 5) is 0. The van der Waals surface area contributed by atoms with E-state index in [4.69, 9.17) is 9.26 Å². The first-order valence-corrected chi connectivity index (χ1v) is 3.98. The largest absolute Gasteiger partial charge is 0.369 e. The maximum absolute atomic E-state index is 5.43. The molecule has 4 nitrogen and oxygen atoms in total. The van der Waals surface area contributed by atoms with Gasteiger partial charge in [-0.3, -0.25) is 0 Å². The van der Waals surface area contributed by atoms with Crippen LogP contribution in [0.25, 0.3) is 0 Å². The van der Waals surface area contributed by atoms with Gasteiger partial charge in [0.15, 0.2) is 5.76 Å². The van der Waals surface area contributed by atoms with Gasteiger partial charge in [-0.25, -0.2) is 0 Å². The van der Waals surface area contributed by atoms with Crippen LogP contribution in [-0.2, 0) is 11.3 Å². The molecule has 1 N–H and O–H groups in total. The second-order valence-corrected chi connectivity index (χ2v) is 2.66. The zero-order valence-corrected chi connectivity index (χ0v) is 7.41. The molecule has 0 bridgehead atoms. The molecule has 1 aromatic heterocycles. The van der Waals surface area contributed by atoms with Gasteiger partial charge in [0.2, 0.25) is 0 Å². The molecular weight excluding hydrogens is 156 g/mol. The zero-order chi connectivity index (χ0) is 8.81. The van der Waals surface area contributed by atoms with Gasteiger partial charge < -0.3 is 14.6 Å². The summed E-state index contributed by atoms with van der Waals surface area (Å²) in [5.41, 5.74) is 0. The van der Waals surface area contributed by atoms with Gasteiger partial charge in [0.25, 0.3) is 0 Å². The van der Waals surface area contributed by atoms with Gasteiger partial charge in [-0.05, 0) is 14.0 Å². The molecule has 0 radical (unpaired) electrons. The molecule has 1 unspecified atom stereocenters. The van der Waals surface area contributed by atoms with Crippen molar-refractivity contribution in [2.24, 2.45) is 0 Å². The Morgan fingerprint density at radius 1 is 1.75 bits per heavy atom. The summed E-state index contributed by atoms with van der Waals surface area (Å²) in [7, 11) is 1.90. The molecule has 0 fully saturated rings. The summed E-state index contributed by atoms with van der Waals surface area (Å²) in [5.74, 6) is 0.762. The Bertz CT molecular complexity index is 199. The first kappa shape index (κ1) is 9.22. The van der Waals surface area contributed by atoms with Gasteiger partial charge in [0.1, 0.15) is 6.61 Å². The van der Waals surface area contributed by atoms with Crippen LogP contribution in [0.2, 0.25) is 0 Å². The van der Waals surface area contributed by atoms with Crippen molar-refractivity contribution < 1.29 is 9.26 Å². The number of hydrogen-bond acceptors (Lipinski definition) is 4. The highest BCUT2D eigenvalue weighted by Gasteiger charge is 2.02. The standard InChI is InChI=1S/C8H14N2O2/c1-7(5-9-2)11-6-8-3-4-10-12-8/h3-4,7,9H,5-6H2,1-2H3. The molecular formula is C8H14N2O2. The fraction of sp³-hybridized carbons (Fsp3) is 0.625. The highest BCUT2D eigenvalue weighted by molar-refractivity contribution is 4.90. The molecule has 1 heterocycles. The van der Waals surface area contributed by atoms with Gasteiger partial charge >= 0.3 is 0 Å². The zero-order valence-electron chi connectivity index (χ0n) is 7.41. The maximum atomic E-state index is 5.43. The fourth-order valence-electron chi connectivity index (χ4n) is 0.887. The van der Waals surface area contributed by atoms with Crippen molar-refractivity contribution in [3.63, 3.8) is 0 Å². The smallest absolute Gasteiger partial charge is 0.162 e. The lowest BCUT2D eigenvalue weighted by atomic mass is 10.4. The van der Waals surface area contributed by atoms with Crippen molar-refractivity contribution >= 4 is 0 Å². The van der Waals surface area contributed by atoms with Gasteiger partial charge in [-0.2, -0.15) is 0 Å². The third-order valence-electron chi connectivity index (χ3n) is 1.49. The minimum Gasteiger partial charge on any atom is -0.369 e. The van der Waals surface area contributed by atoms with E-state index >= 15 is 0 Å². The maximum Gasteiger partial charge on any atom is 0.162 e. The second-order valence-electron chi connectivity index (χ2n) is 2.66. The molecule has 12 heavy (non-hydrogen) atoms. The van der Waals surface area contributed by atoms with E-state index in [1.54, 1.807) is 12.3 Å². The quantitative estimate of drug-likeness (QED) is 0.710. The summed E-state index contributed by atoms with van der Waals surface area (Å²) < 4.78 is 10.3. The van der Waals surface area contributed by atoms with Crippen LogP contribution in [-0.4, -0.2) is 24.9 Å². The molecule has 0 saturated heterocycles. The second kappa shape index (κ2) is 4.90. The Kier molecular flexibility index (Phi) is 3.76. The molecule has 0 saturated carbocycles. The van der Waals surface area contributed by atoms with Crippen molar-refractivity contribution in [2.45, 2.75) is 19.6 Å². The first-order chi connectivity index (χ1) is 5.83. The topological polar surface area (TPSA) is 47.3 Å². The summed E-state index contributed by atoms with van der Waals surface area (Å²) >= 11 is 0. The molecule has 0 aliphatic heterocycles. The van der Waals surface area contributed by atoms with Gasteiger partial charge in [-0.15, -0.1) is 0 Å². The van der Waals surface area contributed by atoms with E-state index in [9.17, 15) is 0 Å². The van der Waals surface area contributed by atoms with E-state index in [-0.39, 0.29) is 6.10 Å². The van der Waals surface area contributed by atoms with Crippen LogP contribution < -0.4 is 5.32 Å². The lowest BCUT2D eigenvalue weighted by Crippen LogP contribution is -2.23. The Morgan fingerprint density at radius 2 is 2.58 bits per heavy atom. The van der Waals surface area contributed by atoms with E-state index < -0.39 is 0 Å². The van der Waals surface area contributed by atoms with Gasteiger partial charge in [0, 0.05) is 12.6 Å². The van der Waals surface area contributed by atoms with Crippen molar-refractivity contribution in [3.8, 4) is 0 Å². The number of nitrogens with one attached hydrogen (secondary N) is 1. The van der Waals surface area contributed by atoms with Gasteiger partial charge in [0.05, 0.1) is 12.3 Å². The molecule has 1 rings (SSSR count). The summed E-state index contributed by atoms with van der Waals surface area (Å²) in [6.45, 7) is 3.34. The van der Waals surface area contributed by atoms with Crippen LogP contribution in [0.15, 0.2) is 16.8 Å². The molecule has 0 spiro atoms. The van der Waals surface area contributed by atoms with E-state index in [2.05, 4.69) is 10.5 Å². The molecule has 4 heteroatoms. The Balaban J connectivity index is 2.17. The van der Waals surface area contributed by atoms with Crippen molar-refractivity contribution in [3.05, 3.63) is 18.0 Å². The Morgan fingerprint density at radius 3 is 3.17 bits per heavy atom. The normalized spacial score (nSPS) is 13.2. The summed E-state index contributed by atoms with van der Waals surface area (Å²) in [6.07, 6.45) is 1.81. The predicted octanol–water partition coefficient (Wildman–Crippen LogP) is 0.799. The molecule has 1 aromatic rings.